The maximum Gasteiger partial charge on any atom is 0.0554 e. The summed E-state index contributed by atoms with van der Waals surface area (Å²) < 4.78 is 0.942. The third-order valence-corrected chi connectivity index (χ3v) is 3.43. The zero-order valence-corrected chi connectivity index (χ0v) is 9.35. The van der Waals surface area contributed by atoms with Crippen molar-refractivity contribution in [1.29, 1.82) is 0 Å². The molecule has 3 heteroatoms. The number of halogens is 2. The minimum absolute atomic E-state index is 0.734. The van der Waals surface area contributed by atoms with E-state index < -0.39 is 0 Å². The molecule has 0 saturated carbocycles. The Hall–Kier alpha value is -0.600. The quantitative estimate of drug-likeness (QED) is 0.695. The van der Waals surface area contributed by atoms with Gasteiger partial charge in [0, 0.05) is 27.1 Å². The second-order valence-electron chi connectivity index (χ2n) is 2.85. The third-order valence-electron chi connectivity index (χ3n) is 2.03. The summed E-state index contributed by atoms with van der Waals surface area (Å²) in [6, 6.07) is 5.83. The summed E-state index contributed by atoms with van der Waals surface area (Å²) in [5.41, 5.74) is 1.02. The van der Waals surface area contributed by atoms with Gasteiger partial charge in [0.2, 0.25) is 0 Å². The molecule has 0 aliphatic rings. The first-order chi connectivity index (χ1) is 6.20. The van der Waals surface area contributed by atoms with E-state index in [0.717, 1.165) is 26.0 Å². The largest absolute Gasteiger partial charge is 0.261 e. The molecule has 0 bridgehead atoms. The van der Waals surface area contributed by atoms with Gasteiger partial charge in [-0.25, -0.2) is 0 Å². The first-order valence-corrected chi connectivity index (χ1v) is 5.06. The van der Waals surface area contributed by atoms with Crippen LogP contribution in [0.5, 0.6) is 0 Å². The first-order valence-electron chi connectivity index (χ1n) is 3.89. The predicted octanol–water partition coefficient (Wildman–Crippen LogP) is 3.96. The van der Waals surface area contributed by atoms with Crippen LogP contribution in [0.15, 0.2) is 28.9 Å². The van der Waals surface area contributed by atoms with Crippen LogP contribution in [-0.4, -0.2) is 4.98 Å². The molecule has 0 fully saturated rings. The van der Waals surface area contributed by atoms with Gasteiger partial charge in [0.05, 0.1) is 5.02 Å². The molecule has 0 unspecified atom stereocenters. The van der Waals surface area contributed by atoms with Crippen molar-refractivity contribution >= 4 is 38.3 Å². The van der Waals surface area contributed by atoms with Crippen molar-refractivity contribution in [2.75, 3.05) is 0 Å². The number of hydrogen-bond donors (Lipinski definition) is 0. The molecule has 0 spiro atoms. The molecule has 0 amide bonds. The Labute approximate surface area is 89.9 Å². The highest BCUT2D eigenvalue weighted by Crippen LogP contribution is 2.31. The second-order valence-corrected chi connectivity index (χ2v) is 4.05. The molecule has 66 valence electrons. The molecule has 1 heterocycles. The van der Waals surface area contributed by atoms with Crippen molar-refractivity contribution in [3.05, 3.63) is 39.6 Å². The molecule has 0 saturated heterocycles. The molecule has 0 radical (unpaired) electrons. The minimum Gasteiger partial charge on any atom is -0.261 e. The van der Waals surface area contributed by atoms with Crippen LogP contribution >= 0.6 is 27.5 Å². The highest BCUT2D eigenvalue weighted by atomic mass is 79.9. The molecular weight excluding hydrogens is 249 g/mol. The fraction of sp³-hybridized carbons (Fsp3) is 0.100. The standard InChI is InChI=1S/C10H7BrClN/c1-6-7-2-3-9(12)10(11)8(7)4-5-13-6/h2-5H,1H3. The molecule has 1 aromatic heterocycles. The van der Waals surface area contributed by atoms with Crippen molar-refractivity contribution in [1.82, 2.24) is 4.98 Å². The van der Waals surface area contributed by atoms with E-state index in [1.165, 1.54) is 0 Å². The van der Waals surface area contributed by atoms with E-state index >= 15 is 0 Å². The minimum atomic E-state index is 0.734. The van der Waals surface area contributed by atoms with Crippen molar-refractivity contribution in [3.63, 3.8) is 0 Å². The molecule has 1 aromatic carbocycles. The molecule has 1 nitrogen and oxygen atoms in total. The summed E-state index contributed by atoms with van der Waals surface area (Å²) in [5.74, 6) is 0. The van der Waals surface area contributed by atoms with Gasteiger partial charge in [-0.3, -0.25) is 4.98 Å². The van der Waals surface area contributed by atoms with Gasteiger partial charge in [0.25, 0.3) is 0 Å². The van der Waals surface area contributed by atoms with Crippen molar-refractivity contribution in [3.8, 4) is 0 Å². The van der Waals surface area contributed by atoms with Gasteiger partial charge in [-0.15, -0.1) is 0 Å². The Balaban J connectivity index is 2.94. The van der Waals surface area contributed by atoms with E-state index in [2.05, 4.69) is 20.9 Å². The average molecular weight is 257 g/mol. The Morgan fingerprint density at radius 3 is 2.77 bits per heavy atom. The number of nitrogens with zero attached hydrogens (tertiary/aromatic N) is 1. The van der Waals surface area contributed by atoms with E-state index in [1.807, 2.05) is 25.1 Å². The molecule has 0 N–H and O–H groups in total. The lowest BCUT2D eigenvalue weighted by Gasteiger charge is -2.04. The summed E-state index contributed by atoms with van der Waals surface area (Å²) in [6.07, 6.45) is 1.79. The number of fused-ring (bicyclic) bond motifs is 1. The second kappa shape index (κ2) is 3.28. The maximum atomic E-state index is 5.97. The SMILES string of the molecule is Cc1nccc2c(Br)c(Cl)ccc12. The van der Waals surface area contributed by atoms with Crippen LogP contribution in [0.4, 0.5) is 0 Å². The number of pyridine rings is 1. The van der Waals surface area contributed by atoms with E-state index in [-0.39, 0.29) is 0 Å². The summed E-state index contributed by atoms with van der Waals surface area (Å²) >= 11 is 9.43. The van der Waals surface area contributed by atoms with Gasteiger partial charge in [-0.1, -0.05) is 17.7 Å². The third kappa shape index (κ3) is 1.45. The molecule has 2 rings (SSSR count). The van der Waals surface area contributed by atoms with Crippen LogP contribution in [0.3, 0.4) is 0 Å². The van der Waals surface area contributed by atoms with Crippen molar-refractivity contribution < 1.29 is 0 Å². The fourth-order valence-corrected chi connectivity index (χ4v) is 1.98. The highest BCUT2D eigenvalue weighted by Gasteiger charge is 2.04. The smallest absolute Gasteiger partial charge is 0.0554 e. The number of hydrogen-bond acceptors (Lipinski definition) is 1. The molecule has 0 atom stereocenters. The lowest BCUT2D eigenvalue weighted by atomic mass is 10.1. The van der Waals surface area contributed by atoms with E-state index in [0.29, 0.717) is 0 Å². The summed E-state index contributed by atoms with van der Waals surface area (Å²) in [6.45, 7) is 1.99. The number of aryl methyl sites for hydroxylation is 1. The lowest BCUT2D eigenvalue weighted by molar-refractivity contribution is 1.23. The summed E-state index contributed by atoms with van der Waals surface area (Å²) in [7, 11) is 0. The summed E-state index contributed by atoms with van der Waals surface area (Å²) in [4.78, 5) is 4.21. The molecule has 2 aromatic rings. The molecule has 0 aliphatic heterocycles. The van der Waals surface area contributed by atoms with Crippen LogP contribution < -0.4 is 0 Å². The normalized spacial score (nSPS) is 10.7. The number of rotatable bonds is 0. The Morgan fingerprint density at radius 1 is 1.23 bits per heavy atom. The lowest BCUT2D eigenvalue weighted by Crippen LogP contribution is -1.84. The zero-order chi connectivity index (χ0) is 9.42. The highest BCUT2D eigenvalue weighted by molar-refractivity contribution is 9.10. The topological polar surface area (TPSA) is 12.9 Å². The van der Waals surface area contributed by atoms with Crippen LogP contribution in [0, 0.1) is 6.92 Å². The molecule has 0 aliphatic carbocycles. The fourth-order valence-electron chi connectivity index (χ4n) is 1.34. The van der Waals surface area contributed by atoms with Gasteiger partial charge >= 0.3 is 0 Å². The monoisotopic (exact) mass is 255 g/mol. The first kappa shape index (κ1) is 8.97. The number of benzene rings is 1. The average Bonchev–Trinajstić information content (AvgIpc) is 2.12. The van der Waals surface area contributed by atoms with Crippen LogP contribution in [-0.2, 0) is 0 Å². The number of aromatic nitrogens is 1. The van der Waals surface area contributed by atoms with Crippen molar-refractivity contribution in [2.45, 2.75) is 6.92 Å². The van der Waals surface area contributed by atoms with Gasteiger partial charge in [-0.2, -0.15) is 0 Å². The van der Waals surface area contributed by atoms with Gasteiger partial charge in [0.15, 0.2) is 0 Å². The van der Waals surface area contributed by atoms with E-state index in [4.69, 9.17) is 11.6 Å². The van der Waals surface area contributed by atoms with E-state index in [1.54, 1.807) is 6.20 Å². The predicted molar refractivity (Wildman–Crippen MR) is 59.2 cm³/mol. The van der Waals surface area contributed by atoms with Gasteiger partial charge in [0.1, 0.15) is 0 Å². The van der Waals surface area contributed by atoms with Crippen LogP contribution in [0.25, 0.3) is 10.8 Å². The van der Waals surface area contributed by atoms with Crippen LogP contribution in [0.2, 0.25) is 5.02 Å². The Morgan fingerprint density at radius 2 is 2.00 bits per heavy atom. The van der Waals surface area contributed by atoms with Gasteiger partial charge in [-0.05, 0) is 35.0 Å². The Kier molecular flexibility index (Phi) is 2.26. The van der Waals surface area contributed by atoms with Crippen molar-refractivity contribution in [2.24, 2.45) is 0 Å². The molecule has 13 heavy (non-hydrogen) atoms. The Bertz CT molecular complexity index is 468. The van der Waals surface area contributed by atoms with Gasteiger partial charge < -0.3 is 0 Å². The summed E-state index contributed by atoms with van der Waals surface area (Å²) in [5, 5.41) is 2.98. The maximum absolute atomic E-state index is 5.97. The van der Waals surface area contributed by atoms with E-state index in [9.17, 15) is 0 Å². The van der Waals surface area contributed by atoms with Crippen LogP contribution in [0.1, 0.15) is 5.69 Å². The zero-order valence-electron chi connectivity index (χ0n) is 7.01. The molecular formula is C10H7BrClN.